The predicted octanol–water partition coefficient (Wildman–Crippen LogP) is 2.23. The minimum Gasteiger partial charge on any atom is -0.460 e. The zero-order valence-corrected chi connectivity index (χ0v) is 9.71. The van der Waals surface area contributed by atoms with Gasteiger partial charge in [0.25, 0.3) is 0 Å². The second-order valence-electron chi connectivity index (χ2n) is 3.87. The maximum Gasteiger partial charge on any atom is 0.318 e. The third kappa shape index (κ3) is 2.84. The number of esters is 1. The third-order valence-corrected chi connectivity index (χ3v) is 2.62. The Kier molecular flexibility index (Phi) is 3.90. The highest BCUT2D eigenvalue weighted by Crippen LogP contribution is 2.18. The van der Waals surface area contributed by atoms with Crippen molar-refractivity contribution >= 4 is 11.9 Å². The van der Waals surface area contributed by atoms with Crippen LogP contribution in [-0.4, -0.2) is 11.9 Å². The number of hydrogen-bond donors (Lipinski definition) is 0. The summed E-state index contributed by atoms with van der Waals surface area (Å²) >= 11 is 0. The van der Waals surface area contributed by atoms with Crippen molar-refractivity contribution < 1.29 is 14.3 Å². The number of rotatable bonds is 3. The van der Waals surface area contributed by atoms with Gasteiger partial charge >= 0.3 is 5.97 Å². The van der Waals surface area contributed by atoms with Gasteiger partial charge in [-0.15, -0.1) is 0 Å². The summed E-state index contributed by atoms with van der Waals surface area (Å²) < 4.78 is 5.18. The third-order valence-electron chi connectivity index (χ3n) is 2.62. The molecule has 0 saturated heterocycles. The fourth-order valence-corrected chi connectivity index (χ4v) is 1.66. The second kappa shape index (κ2) is 5.80. The van der Waals surface area contributed by atoms with E-state index in [-0.39, 0.29) is 6.61 Å². The van der Waals surface area contributed by atoms with E-state index < -0.39 is 11.9 Å². The topological polar surface area (TPSA) is 43.4 Å². The molecule has 0 aliphatic heterocycles. The van der Waals surface area contributed by atoms with Gasteiger partial charge < -0.3 is 4.74 Å². The van der Waals surface area contributed by atoms with Crippen molar-refractivity contribution in [3.05, 3.63) is 65.8 Å². The Morgan fingerprint density at radius 2 is 2.00 bits per heavy atom. The van der Waals surface area contributed by atoms with Gasteiger partial charge in [-0.25, -0.2) is 4.79 Å². The lowest BCUT2D eigenvalue weighted by Gasteiger charge is -2.13. The first-order valence-electron chi connectivity index (χ1n) is 5.61. The first-order valence-corrected chi connectivity index (χ1v) is 5.61. The van der Waals surface area contributed by atoms with Crippen molar-refractivity contribution in [2.75, 3.05) is 0 Å². The van der Waals surface area contributed by atoms with Gasteiger partial charge in [0.15, 0.2) is 0 Å². The van der Waals surface area contributed by atoms with Crippen LogP contribution in [-0.2, 0) is 20.9 Å². The fraction of sp³-hybridized carbons (Fsp3) is 0.133. The molecule has 1 unspecified atom stereocenters. The molecule has 2 rings (SSSR count). The van der Waals surface area contributed by atoms with Gasteiger partial charge in [0, 0.05) is 0 Å². The molecule has 0 amide bonds. The average Bonchev–Trinajstić information content (AvgIpc) is 2.45. The molecule has 1 aromatic rings. The number of benzene rings is 1. The quantitative estimate of drug-likeness (QED) is 0.603. The van der Waals surface area contributed by atoms with E-state index in [1.165, 1.54) is 0 Å². The highest BCUT2D eigenvalue weighted by atomic mass is 16.5. The van der Waals surface area contributed by atoms with Gasteiger partial charge in [-0.1, -0.05) is 48.6 Å². The summed E-state index contributed by atoms with van der Waals surface area (Å²) in [6, 6.07) is 9.40. The summed E-state index contributed by atoms with van der Waals surface area (Å²) in [7, 11) is 0. The zero-order valence-electron chi connectivity index (χ0n) is 9.71. The molecule has 18 heavy (non-hydrogen) atoms. The Morgan fingerprint density at radius 1 is 1.22 bits per heavy atom. The van der Waals surface area contributed by atoms with Gasteiger partial charge in [-0.05, 0) is 11.6 Å². The molecule has 0 heterocycles. The van der Waals surface area contributed by atoms with Crippen LogP contribution in [0.2, 0.25) is 0 Å². The van der Waals surface area contributed by atoms with Crippen LogP contribution in [0.1, 0.15) is 5.56 Å². The van der Waals surface area contributed by atoms with E-state index in [0.29, 0.717) is 5.57 Å². The smallest absolute Gasteiger partial charge is 0.318 e. The highest BCUT2D eigenvalue weighted by molar-refractivity contribution is 5.83. The fourth-order valence-electron chi connectivity index (χ4n) is 1.66. The monoisotopic (exact) mass is 242 g/mol. The molecule has 0 bridgehead atoms. The van der Waals surface area contributed by atoms with Crippen molar-refractivity contribution in [3.63, 3.8) is 0 Å². The van der Waals surface area contributed by atoms with Gasteiger partial charge in [0.05, 0.1) is 5.57 Å². The van der Waals surface area contributed by atoms with Crippen molar-refractivity contribution in [1.82, 2.24) is 0 Å². The van der Waals surface area contributed by atoms with E-state index in [0.717, 1.165) is 5.56 Å². The number of carbonyl (C=O) groups is 1. The molecular weight excluding hydrogens is 230 g/mol. The average molecular weight is 242 g/mol. The molecule has 90 valence electrons. The van der Waals surface area contributed by atoms with Crippen LogP contribution in [0.3, 0.4) is 0 Å². The van der Waals surface area contributed by atoms with Gasteiger partial charge in [0.1, 0.15) is 18.5 Å². The molecule has 1 aromatic carbocycles. The highest BCUT2D eigenvalue weighted by Gasteiger charge is 2.22. The largest absolute Gasteiger partial charge is 0.460 e. The minimum absolute atomic E-state index is 0.208. The zero-order chi connectivity index (χ0) is 12.8. The van der Waals surface area contributed by atoms with Crippen LogP contribution in [0.4, 0.5) is 0 Å². The minimum atomic E-state index is -0.642. The van der Waals surface area contributed by atoms with E-state index in [9.17, 15) is 9.59 Å². The van der Waals surface area contributed by atoms with Crippen molar-refractivity contribution in [2.24, 2.45) is 5.92 Å². The Labute approximate surface area is 105 Å². The van der Waals surface area contributed by atoms with Crippen LogP contribution >= 0.6 is 0 Å². The molecule has 0 radical (unpaired) electrons. The Bertz CT molecular complexity index is 534. The van der Waals surface area contributed by atoms with E-state index in [2.05, 4.69) is 0 Å². The van der Waals surface area contributed by atoms with Crippen molar-refractivity contribution in [2.45, 2.75) is 6.61 Å². The SMILES string of the molecule is O=[14C]=C1C=CC=CC1C(=O)OCc1ccccc1. The molecule has 1 atom stereocenters. The van der Waals surface area contributed by atoms with Crippen LogP contribution in [0.5, 0.6) is 0 Å². The van der Waals surface area contributed by atoms with Crippen molar-refractivity contribution in [3.8, 4) is 0 Å². The van der Waals surface area contributed by atoms with Crippen molar-refractivity contribution in [1.29, 1.82) is 0 Å². The second-order valence-corrected chi connectivity index (χ2v) is 3.87. The lowest BCUT2D eigenvalue weighted by Crippen LogP contribution is -2.18. The van der Waals surface area contributed by atoms with E-state index >= 15 is 0 Å². The van der Waals surface area contributed by atoms with Crippen LogP contribution < -0.4 is 0 Å². The summed E-state index contributed by atoms with van der Waals surface area (Å²) in [6.45, 7) is 0.208. The molecular formula is C15H12O3. The lowest BCUT2D eigenvalue weighted by molar-refractivity contribution is -0.146. The van der Waals surface area contributed by atoms with Crippen LogP contribution in [0, 0.1) is 5.92 Å². The number of ether oxygens (including phenoxy) is 1. The van der Waals surface area contributed by atoms with Crippen LogP contribution in [0.25, 0.3) is 0 Å². The molecule has 0 fully saturated rings. The van der Waals surface area contributed by atoms with E-state index in [1.807, 2.05) is 30.3 Å². The number of hydrogen-bond acceptors (Lipinski definition) is 3. The summed E-state index contributed by atoms with van der Waals surface area (Å²) in [6.07, 6.45) is 6.62. The van der Waals surface area contributed by atoms with E-state index in [4.69, 9.17) is 4.74 Å². The molecule has 1 aliphatic rings. The standard InChI is InChI=1S/C15H12O3/c16-10-13-8-4-5-9-14(13)15(17)18-11-12-6-2-1-3-7-12/h1-9,14H,11H2/i10+2. The molecule has 0 saturated carbocycles. The van der Waals surface area contributed by atoms with E-state index in [1.54, 1.807) is 30.2 Å². The molecule has 3 nitrogen and oxygen atoms in total. The first kappa shape index (κ1) is 12.1. The molecule has 1 aliphatic carbocycles. The van der Waals surface area contributed by atoms with Gasteiger partial charge in [-0.3, -0.25) is 4.79 Å². The molecule has 0 spiro atoms. The summed E-state index contributed by atoms with van der Waals surface area (Å²) in [4.78, 5) is 22.5. The lowest BCUT2D eigenvalue weighted by atomic mass is 9.99. The maximum absolute atomic E-state index is 11.8. The number of carbonyl (C=O) groups excluding carboxylic acids is 2. The normalized spacial score (nSPS) is 17.3. The molecule has 3 heteroatoms. The van der Waals surface area contributed by atoms with Gasteiger partial charge in [0.2, 0.25) is 0 Å². The summed E-state index contributed by atoms with van der Waals surface area (Å²) in [5.41, 5.74) is 1.22. The van der Waals surface area contributed by atoms with Crippen LogP contribution in [0.15, 0.2) is 60.2 Å². The molecule has 0 aromatic heterocycles. The molecule has 0 N–H and O–H groups in total. The first-order chi connectivity index (χ1) is 8.81. The Hall–Kier alpha value is -2.38. The summed E-state index contributed by atoms with van der Waals surface area (Å²) in [5.74, 6) is 0.686. The van der Waals surface area contributed by atoms with Gasteiger partial charge in [-0.2, -0.15) is 0 Å². The Balaban J connectivity index is 1.98. The Morgan fingerprint density at radius 3 is 2.72 bits per heavy atom. The summed E-state index contributed by atoms with van der Waals surface area (Å²) in [5, 5.41) is 0. The maximum atomic E-state index is 11.8. The predicted molar refractivity (Wildman–Crippen MR) is 67.2 cm³/mol. The number of allylic oxidation sites excluding steroid dienone is 3.